The number of aromatic nitrogens is 2. The van der Waals surface area contributed by atoms with Crippen molar-refractivity contribution in [3.05, 3.63) is 36.0 Å². The standard InChI is InChI=1S/C15H17N5O2/c16-13-8-10(1-2-18-13)12-7-11(15(21)22)9-14(19-12)20-5-3-17-4-6-20/h1-2,7-9,17H,3-6H2,(H2,16,18)(H,21,22). The van der Waals surface area contributed by atoms with Crippen molar-refractivity contribution < 1.29 is 9.90 Å². The Morgan fingerprint density at radius 2 is 2.05 bits per heavy atom. The SMILES string of the molecule is Nc1cc(-c2cc(C(=O)O)cc(N3CCNCC3)n2)ccn1. The Morgan fingerprint density at radius 3 is 2.73 bits per heavy atom. The van der Waals surface area contributed by atoms with Crippen molar-refractivity contribution in [1.29, 1.82) is 0 Å². The number of carboxylic acid groups (broad SMARTS) is 1. The van der Waals surface area contributed by atoms with Crippen LogP contribution in [0, 0.1) is 0 Å². The molecule has 7 nitrogen and oxygen atoms in total. The van der Waals surface area contributed by atoms with Gasteiger partial charge in [0, 0.05) is 37.9 Å². The van der Waals surface area contributed by atoms with Gasteiger partial charge in [0.05, 0.1) is 11.3 Å². The molecule has 1 aliphatic rings. The van der Waals surface area contributed by atoms with Gasteiger partial charge in [-0.15, -0.1) is 0 Å². The molecule has 7 heteroatoms. The number of hydrogen-bond acceptors (Lipinski definition) is 6. The zero-order chi connectivity index (χ0) is 15.5. The number of carboxylic acids is 1. The molecule has 0 saturated carbocycles. The molecule has 0 spiro atoms. The zero-order valence-electron chi connectivity index (χ0n) is 12.0. The van der Waals surface area contributed by atoms with E-state index in [2.05, 4.69) is 20.2 Å². The molecule has 114 valence electrons. The molecule has 4 N–H and O–H groups in total. The molecule has 1 saturated heterocycles. The normalized spacial score (nSPS) is 14.8. The smallest absolute Gasteiger partial charge is 0.335 e. The number of pyridine rings is 2. The van der Waals surface area contributed by atoms with Gasteiger partial charge in [-0.25, -0.2) is 14.8 Å². The Bertz CT molecular complexity index is 698. The van der Waals surface area contributed by atoms with Gasteiger partial charge < -0.3 is 21.1 Å². The predicted molar refractivity (Wildman–Crippen MR) is 83.9 cm³/mol. The second-order valence-electron chi connectivity index (χ2n) is 5.11. The molecule has 2 aromatic heterocycles. The number of rotatable bonds is 3. The summed E-state index contributed by atoms with van der Waals surface area (Å²) in [7, 11) is 0. The third-order valence-electron chi connectivity index (χ3n) is 3.58. The molecule has 3 heterocycles. The summed E-state index contributed by atoms with van der Waals surface area (Å²) in [6.07, 6.45) is 1.59. The van der Waals surface area contributed by atoms with Crippen LogP contribution in [-0.2, 0) is 0 Å². The highest BCUT2D eigenvalue weighted by atomic mass is 16.4. The van der Waals surface area contributed by atoms with E-state index < -0.39 is 5.97 Å². The highest BCUT2D eigenvalue weighted by Gasteiger charge is 2.16. The lowest BCUT2D eigenvalue weighted by Crippen LogP contribution is -2.44. The Balaban J connectivity index is 2.05. The van der Waals surface area contributed by atoms with Crippen LogP contribution in [-0.4, -0.2) is 47.2 Å². The number of nitrogens with zero attached hydrogens (tertiary/aromatic N) is 3. The highest BCUT2D eigenvalue weighted by Crippen LogP contribution is 2.24. The first-order chi connectivity index (χ1) is 10.6. The lowest BCUT2D eigenvalue weighted by molar-refractivity contribution is 0.0697. The molecule has 1 aliphatic heterocycles. The van der Waals surface area contributed by atoms with E-state index in [-0.39, 0.29) is 5.56 Å². The van der Waals surface area contributed by atoms with Gasteiger partial charge in [0.25, 0.3) is 0 Å². The second kappa shape index (κ2) is 5.98. The van der Waals surface area contributed by atoms with E-state index in [0.717, 1.165) is 31.7 Å². The number of nitrogens with one attached hydrogen (secondary N) is 1. The lowest BCUT2D eigenvalue weighted by atomic mass is 10.1. The molecule has 0 bridgehead atoms. The maximum Gasteiger partial charge on any atom is 0.335 e. The first kappa shape index (κ1) is 14.3. The first-order valence-corrected chi connectivity index (χ1v) is 7.06. The average Bonchev–Trinajstić information content (AvgIpc) is 2.55. The van der Waals surface area contributed by atoms with Gasteiger partial charge in [0.15, 0.2) is 0 Å². The van der Waals surface area contributed by atoms with Crippen molar-refractivity contribution in [3.8, 4) is 11.3 Å². The van der Waals surface area contributed by atoms with E-state index in [1.807, 2.05) is 0 Å². The largest absolute Gasteiger partial charge is 0.478 e. The molecule has 2 aromatic rings. The Hall–Kier alpha value is -2.67. The molecule has 0 amide bonds. The summed E-state index contributed by atoms with van der Waals surface area (Å²) >= 11 is 0. The molecule has 0 radical (unpaired) electrons. The summed E-state index contributed by atoms with van der Waals surface area (Å²) in [5.74, 6) is 0.0811. The summed E-state index contributed by atoms with van der Waals surface area (Å²) < 4.78 is 0. The van der Waals surface area contributed by atoms with Crippen molar-refractivity contribution in [2.24, 2.45) is 0 Å². The molecule has 0 aliphatic carbocycles. The zero-order valence-corrected chi connectivity index (χ0v) is 12.0. The molecule has 22 heavy (non-hydrogen) atoms. The van der Waals surface area contributed by atoms with Crippen LogP contribution < -0.4 is 16.0 Å². The maximum atomic E-state index is 11.4. The number of piperazine rings is 1. The molecule has 1 fully saturated rings. The number of nitrogens with two attached hydrogens (primary N) is 1. The quantitative estimate of drug-likeness (QED) is 0.771. The van der Waals surface area contributed by atoms with Gasteiger partial charge in [0.1, 0.15) is 11.6 Å². The van der Waals surface area contributed by atoms with E-state index in [1.165, 1.54) is 0 Å². The predicted octanol–water partition coefficient (Wildman–Crippen LogP) is 0.834. The Morgan fingerprint density at radius 1 is 1.27 bits per heavy atom. The first-order valence-electron chi connectivity index (χ1n) is 7.06. The summed E-state index contributed by atoms with van der Waals surface area (Å²) in [6, 6.07) is 6.63. The van der Waals surface area contributed by atoms with Crippen LogP contribution in [0.5, 0.6) is 0 Å². The molecular formula is C15H17N5O2. The number of hydrogen-bond donors (Lipinski definition) is 3. The maximum absolute atomic E-state index is 11.4. The van der Waals surface area contributed by atoms with Gasteiger partial charge in [-0.05, 0) is 24.3 Å². The molecular weight excluding hydrogens is 282 g/mol. The Labute approximate surface area is 127 Å². The van der Waals surface area contributed by atoms with Crippen LogP contribution in [0.2, 0.25) is 0 Å². The molecule has 0 aromatic carbocycles. The fourth-order valence-electron chi connectivity index (χ4n) is 2.45. The van der Waals surface area contributed by atoms with E-state index in [9.17, 15) is 9.90 Å². The third-order valence-corrected chi connectivity index (χ3v) is 3.58. The van der Waals surface area contributed by atoms with Crippen LogP contribution >= 0.6 is 0 Å². The van der Waals surface area contributed by atoms with E-state index >= 15 is 0 Å². The minimum absolute atomic E-state index is 0.217. The van der Waals surface area contributed by atoms with Crippen molar-refractivity contribution in [1.82, 2.24) is 15.3 Å². The van der Waals surface area contributed by atoms with Gasteiger partial charge in [-0.1, -0.05) is 0 Å². The van der Waals surface area contributed by atoms with E-state index in [1.54, 1.807) is 30.5 Å². The second-order valence-corrected chi connectivity index (χ2v) is 5.11. The van der Waals surface area contributed by atoms with Crippen molar-refractivity contribution in [2.75, 3.05) is 36.8 Å². The monoisotopic (exact) mass is 299 g/mol. The van der Waals surface area contributed by atoms with Crippen LogP contribution in [0.4, 0.5) is 11.6 Å². The minimum Gasteiger partial charge on any atom is -0.478 e. The number of anilines is 2. The summed E-state index contributed by atoms with van der Waals surface area (Å²) in [6.45, 7) is 3.31. The van der Waals surface area contributed by atoms with Gasteiger partial charge in [-0.2, -0.15) is 0 Å². The third kappa shape index (κ3) is 2.99. The van der Waals surface area contributed by atoms with Crippen LogP contribution in [0.25, 0.3) is 11.3 Å². The fourth-order valence-corrected chi connectivity index (χ4v) is 2.45. The summed E-state index contributed by atoms with van der Waals surface area (Å²) in [4.78, 5) is 22.0. The van der Waals surface area contributed by atoms with Crippen molar-refractivity contribution in [2.45, 2.75) is 0 Å². The van der Waals surface area contributed by atoms with Crippen LogP contribution in [0.15, 0.2) is 30.5 Å². The van der Waals surface area contributed by atoms with Gasteiger partial charge in [-0.3, -0.25) is 0 Å². The summed E-state index contributed by atoms with van der Waals surface area (Å²) in [5.41, 5.74) is 7.26. The topological polar surface area (TPSA) is 104 Å². The number of carbonyl (C=O) groups is 1. The fraction of sp³-hybridized carbons (Fsp3) is 0.267. The highest BCUT2D eigenvalue weighted by molar-refractivity contribution is 5.90. The number of nitrogen functional groups attached to an aromatic ring is 1. The lowest BCUT2D eigenvalue weighted by Gasteiger charge is -2.29. The van der Waals surface area contributed by atoms with E-state index in [0.29, 0.717) is 17.3 Å². The minimum atomic E-state index is -0.970. The van der Waals surface area contributed by atoms with Gasteiger partial charge >= 0.3 is 5.97 Å². The average molecular weight is 299 g/mol. The van der Waals surface area contributed by atoms with Crippen LogP contribution in [0.1, 0.15) is 10.4 Å². The molecule has 3 rings (SSSR count). The Kier molecular flexibility index (Phi) is 3.88. The van der Waals surface area contributed by atoms with Crippen molar-refractivity contribution >= 4 is 17.6 Å². The molecule has 0 atom stereocenters. The molecule has 0 unspecified atom stereocenters. The van der Waals surface area contributed by atoms with Crippen LogP contribution in [0.3, 0.4) is 0 Å². The van der Waals surface area contributed by atoms with E-state index in [4.69, 9.17) is 5.73 Å². The number of aromatic carboxylic acids is 1. The van der Waals surface area contributed by atoms with Crippen molar-refractivity contribution in [3.63, 3.8) is 0 Å². The van der Waals surface area contributed by atoms with Gasteiger partial charge in [0.2, 0.25) is 0 Å². The summed E-state index contributed by atoms with van der Waals surface area (Å²) in [5, 5.41) is 12.6.